The number of carbonyl (C=O) groups excluding carboxylic acids is 2. The Bertz CT molecular complexity index is 435. The van der Waals surface area contributed by atoms with E-state index >= 15 is 0 Å². The highest BCUT2D eigenvalue weighted by Crippen LogP contribution is 2.25. The first-order chi connectivity index (χ1) is 9.58. The van der Waals surface area contributed by atoms with Crippen LogP contribution in [0.3, 0.4) is 0 Å². The summed E-state index contributed by atoms with van der Waals surface area (Å²) in [5, 5.41) is 12.4. The van der Waals surface area contributed by atoms with E-state index in [2.05, 4.69) is 5.32 Å². The minimum absolute atomic E-state index is 0.0600. The predicted molar refractivity (Wildman–Crippen MR) is 79.1 cm³/mol. The lowest BCUT2D eigenvalue weighted by Gasteiger charge is -2.11. The van der Waals surface area contributed by atoms with Gasteiger partial charge in [-0.15, -0.1) is 0 Å². The van der Waals surface area contributed by atoms with Gasteiger partial charge in [-0.3, -0.25) is 9.59 Å². The molecule has 1 aliphatic rings. The minimum atomic E-state index is -0.487. The molecule has 1 rings (SSSR count). The summed E-state index contributed by atoms with van der Waals surface area (Å²) in [5.41, 5.74) is 0.618. The molecule has 0 aromatic carbocycles. The lowest BCUT2D eigenvalue weighted by Crippen LogP contribution is -2.21. The fraction of sp³-hybridized carbons (Fsp3) is 0.500. The van der Waals surface area contributed by atoms with Gasteiger partial charge in [0.05, 0.1) is 6.10 Å². The van der Waals surface area contributed by atoms with Crippen molar-refractivity contribution in [2.75, 3.05) is 7.05 Å². The maximum Gasteiger partial charge on any atom is 0.220 e. The molecule has 4 nitrogen and oxygen atoms in total. The van der Waals surface area contributed by atoms with Crippen LogP contribution in [0.2, 0.25) is 0 Å². The Hall–Kier alpha value is -1.68. The van der Waals surface area contributed by atoms with Crippen LogP contribution in [0.4, 0.5) is 0 Å². The van der Waals surface area contributed by atoms with E-state index < -0.39 is 6.10 Å². The number of hydrogen-bond donors (Lipinski definition) is 2. The lowest BCUT2D eigenvalue weighted by molar-refractivity contribution is -0.121. The first-order valence-corrected chi connectivity index (χ1v) is 7.04. The second-order valence-corrected chi connectivity index (χ2v) is 4.87. The molecule has 0 unspecified atom stereocenters. The van der Waals surface area contributed by atoms with E-state index in [-0.39, 0.29) is 24.0 Å². The van der Waals surface area contributed by atoms with Gasteiger partial charge < -0.3 is 10.4 Å². The van der Waals surface area contributed by atoms with E-state index in [9.17, 15) is 14.7 Å². The lowest BCUT2D eigenvalue weighted by atomic mass is 9.96. The second kappa shape index (κ2) is 8.48. The summed E-state index contributed by atoms with van der Waals surface area (Å²) < 4.78 is 0. The number of ketones is 1. The van der Waals surface area contributed by atoms with Crippen LogP contribution >= 0.6 is 0 Å². The Labute approximate surface area is 120 Å². The van der Waals surface area contributed by atoms with E-state index in [1.54, 1.807) is 19.2 Å². The van der Waals surface area contributed by atoms with Crippen molar-refractivity contribution in [3.05, 3.63) is 36.0 Å². The summed E-state index contributed by atoms with van der Waals surface area (Å²) in [6.07, 6.45) is 10.7. The Balaban J connectivity index is 2.57. The van der Waals surface area contributed by atoms with Crippen molar-refractivity contribution in [2.45, 2.75) is 38.7 Å². The molecule has 2 atom stereocenters. The third-order valence-corrected chi connectivity index (χ3v) is 3.27. The van der Waals surface area contributed by atoms with E-state index in [4.69, 9.17) is 0 Å². The zero-order valence-corrected chi connectivity index (χ0v) is 12.1. The van der Waals surface area contributed by atoms with Crippen LogP contribution < -0.4 is 5.32 Å². The molecule has 0 radical (unpaired) electrons. The number of aliphatic hydroxyl groups excluding tert-OH is 1. The molecule has 0 fully saturated rings. The van der Waals surface area contributed by atoms with Gasteiger partial charge in [0, 0.05) is 25.0 Å². The molecule has 0 aromatic rings. The summed E-state index contributed by atoms with van der Waals surface area (Å²) in [6.45, 7) is 2.04. The zero-order valence-electron chi connectivity index (χ0n) is 12.1. The van der Waals surface area contributed by atoms with Crippen LogP contribution in [0, 0.1) is 5.92 Å². The molecule has 0 saturated heterocycles. The number of rotatable bonds is 7. The van der Waals surface area contributed by atoms with Crippen molar-refractivity contribution in [2.24, 2.45) is 5.92 Å². The minimum Gasteiger partial charge on any atom is -0.392 e. The van der Waals surface area contributed by atoms with Gasteiger partial charge in [-0.25, -0.2) is 0 Å². The number of nitrogens with one attached hydrogen (secondary N) is 1. The first kappa shape index (κ1) is 16.4. The standard InChI is InChI=1S/C16H23NO3/c1-3-4-5-6-13(18)8-9-14-12(7-10-15(14)19)11-16(20)17-2/h4-5,7,9-10,12-13,18H,3,6,8,11H2,1-2H3,(H,17,20)/b5-4-,14-9+/t12-,13+/m1/s1. The Morgan fingerprint density at radius 2 is 2.20 bits per heavy atom. The summed E-state index contributed by atoms with van der Waals surface area (Å²) in [6, 6.07) is 0. The molecule has 2 N–H and O–H groups in total. The highest BCUT2D eigenvalue weighted by atomic mass is 16.3. The SMILES string of the molecule is CC/C=C\C[C@H](O)C/C=C1/C(=O)C=C[C@@H]1CC(=O)NC. The van der Waals surface area contributed by atoms with E-state index in [1.807, 2.05) is 19.1 Å². The largest absolute Gasteiger partial charge is 0.392 e. The monoisotopic (exact) mass is 277 g/mol. The van der Waals surface area contributed by atoms with Gasteiger partial charge in [0.25, 0.3) is 0 Å². The Kier molecular flexibility index (Phi) is 6.94. The topological polar surface area (TPSA) is 66.4 Å². The van der Waals surface area contributed by atoms with Crippen LogP contribution in [0.25, 0.3) is 0 Å². The fourth-order valence-electron chi connectivity index (χ4n) is 2.10. The first-order valence-electron chi connectivity index (χ1n) is 7.04. The van der Waals surface area contributed by atoms with Crippen LogP contribution in [0.15, 0.2) is 36.0 Å². The Morgan fingerprint density at radius 1 is 1.45 bits per heavy atom. The molecule has 0 bridgehead atoms. The van der Waals surface area contributed by atoms with Crippen LogP contribution in [-0.4, -0.2) is 29.9 Å². The molecule has 0 aromatic heterocycles. The fourth-order valence-corrected chi connectivity index (χ4v) is 2.10. The van der Waals surface area contributed by atoms with Gasteiger partial charge >= 0.3 is 0 Å². The van der Waals surface area contributed by atoms with Crippen molar-refractivity contribution in [1.82, 2.24) is 5.32 Å². The molecule has 20 heavy (non-hydrogen) atoms. The van der Waals surface area contributed by atoms with Crippen LogP contribution in [0.1, 0.15) is 32.6 Å². The highest BCUT2D eigenvalue weighted by Gasteiger charge is 2.24. The predicted octanol–water partition coefficient (Wildman–Crippen LogP) is 1.91. The normalized spacial score (nSPS) is 21.9. The maximum absolute atomic E-state index is 11.7. The maximum atomic E-state index is 11.7. The quantitative estimate of drug-likeness (QED) is 0.552. The third-order valence-electron chi connectivity index (χ3n) is 3.27. The summed E-state index contributed by atoms with van der Waals surface area (Å²) >= 11 is 0. The summed E-state index contributed by atoms with van der Waals surface area (Å²) in [7, 11) is 1.58. The Morgan fingerprint density at radius 3 is 2.85 bits per heavy atom. The van der Waals surface area contributed by atoms with Crippen LogP contribution in [0.5, 0.6) is 0 Å². The molecule has 0 aliphatic heterocycles. The molecule has 0 heterocycles. The van der Waals surface area contributed by atoms with E-state index in [0.717, 1.165) is 6.42 Å². The number of amides is 1. The zero-order chi connectivity index (χ0) is 15.0. The summed E-state index contributed by atoms with van der Waals surface area (Å²) in [5.74, 6) is -0.317. The molecule has 1 amide bonds. The molecule has 0 spiro atoms. The van der Waals surface area contributed by atoms with Gasteiger partial charge in [0.1, 0.15) is 0 Å². The third kappa shape index (κ3) is 5.13. The average Bonchev–Trinajstić information content (AvgIpc) is 2.77. The molecular formula is C16H23NO3. The number of hydrogen-bond acceptors (Lipinski definition) is 3. The van der Waals surface area contributed by atoms with E-state index in [0.29, 0.717) is 18.4 Å². The molecule has 1 aliphatic carbocycles. The molecule has 110 valence electrons. The number of aliphatic hydroxyl groups is 1. The summed E-state index contributed by atoms with van der Waals surface area (Å²) in [4.78, 5) is 23.1. The number of carbonyl (C=O) groups is 2. The molecule has 0 saturated carbocycles. The molecule has 4 heteroatoms. The van der Waals surface area contributed by atoms with Crippen molar-refractivity contribution in [3.8, 4) is 0 Å². The van der Waals surface area contributed by atoms with Crippen molar-refractivity contribution in [1.29, 1.82) is 0 Å². The van der Waals surface area contributed by atoms with Crippen molar-refractivity contribution >= 4 is 11.7 Å². The molecular weight excluding hydrogens is 254 g/mol. The smallest absolute Gasteiger partial charge is 0.220 e. The number of allylic oxidation sites excluding steroid dienone is 4. The average molecular weight is 277 g/mol. The van der Waals surface area contributed by atoms with Gasteiger partial charge in [0.15, 0.2) is 5.78 Å². The van der Waals surface area contributed by atoms with Gasteiger partial charge in [-0.1, -0.05) is 31.2 Å². The van der Waals surface area contributed by atoms with E-state index in [1.165, 1.54) is 6.08 Å². The van der Waals surface area contributed by atoms with Gasteiger partial charge in [0.2, 0.25) is 5.91 Å². The van der Waals surface area contributed by atoms with Gasteiger partial charge in [-0.05, 0) is 25.3 Å². The second-order valence-electron chi connectivity index (χ2n) is 4.87. The van der Waals surface area contributed by atoms with Crippen molar-refractivity contribution < 1.29 is 14.7 Å². The van der Waals surface area contributed by atoms with Gasteiger partial charge in [-0.2, -0.15) is 0 Å². The van der Waals surface area contributed by atoms with Crippen LogP contribution in [-0.2, 0) is 9.59 Å². The highest BCUT2D eigenvalue weighted by molar-refractivity contribution is 6.07. The van der Waals surface area contributed by atoms with Crippen molar-refractivity contribution in [3.63, 3.8) is 0 Å².